The summed E-state index contributed by atoms with van der Waals surface area (Å²) in [5, 5.41) is 0. The molecule has 2 atom stereocenters. The van der Waals surface area contributed by atoms with E-state index < -0.39 is 23.3 Å². The lowest BCUT2D eigenvalue weighted by Crippen LogP contribution is -2.06. The summed E-state index contributed by atoms with van der Waals surface area (Å²) in [5.74, 6) is -3.18. The number of benzene rings is 2. The maximum absolute atomic E-state index is 14.8. The summed E-state index contributed by atoms with van der Waals surface area (Å²) in [6.45, 7) is 4.07. The Morgan fingerprint density at radius 1 is 0.833 bits per heavy atom. The Balaban J connectivity index is 1.69. The van der Waals surface area contributed by atoms with E-state index in [1.54, 1.807) is 19.1 Å². The molecular formula is C25H30F4O. The normalized spacial score (nSPS) is 18.7. The van der Waals surface area contributed by atoms with Crippen LogP contribution in [0.2, 0.25) is 0 Å². The van der Waals surface area contributed by atoms with Crippen LogP contribution in [0.1, 0.15) is 75.0 Å². The fourth-order valence-corrected chi connectivity index (χ4v) is 4.53. The number of aryl methyl sites for hydroxylation is 2. The standard InChI is InChI=1S/C25H30F4O/c1-3-5-6-16-7-8-19(15-16)20-13-11-17(22(26)24(20)28)9-10-18-12-14-21(30-4-2)25(29)23(18)27/h11-14,16,19H,3-10,15H2,1-2H3. The number of hydrogen-bond acceptors (Lipinski definition) is 1. The Bertz CT molecular complexity index is 865. The first-order valence-corrected chi connectivity index (χ1v) is 11.0. The van der Waals surface area contributed by atoms with Gasteiger partial charge in [-0.05, 0) is 73.6 Å². The van der Waals surface area contributed by atoms with Gasteiger partial charge in [0, 0.05) is 0 Å². The lowest BCUT2D eigenvalue weighted by Gasteiger charge is -2.15. The minimum atomic E-state index is -1.05. The van der Waals surface area contributed by atoms with Crippen LogP contribution in [-0.4, -0.2) is 6.61 Å². The van der Waals surface area contributed by atoms with Gasteiger partial charge in [-0.15, -0.1) is 0 Å². The molecule has 0 radical (unpaired) electrons. The molecule has 1 nitrogen and oxygen atoms in total. The minimum absolute atomic E-state index is 0.0630. The van der Waals surface area contributed by atoms with Gasteiger partial charge in [0.05, 0.1) is 6.61 Å². The highest BCUT2D eigenvalue weighted by Gasteiger charge is 2.29. The van der Waals surface area contributed by atoms with Gasteiger partial charge in [-0.2, -0.15) is 4.39 Å². The molecule has 2 aromatic carbocycles. The molecule has 3 rings (SSSR count). The molecule has 0 bridgehead atoms. The minimum Gasteiger partial charge on any atom is -0.491 e. The van der Waals surface area contributed by atoms with E-state index in [2.05, 4.69) is 6.92 Å². The Labute approximate surface area is 176 Å². The first-order valence-electron chi connectivity index (χ1n) is 11.0. The third-order valence-corrected chi connectivity index (χ3v) is 6.23. The summed E-state index contributed by atoms with van der Waals surface area (Å²) in [5.41, 5.74) is 0.758. The Morgan fingerprint density at radius 3 is 2.17 bits per heavy atom. The maximum Gasteiger partial charge on any atom is 0.200 e. The zero-order valence-corrected chi connectivity index (χ0v) is 17.7. The second-order valence-electron chi connectivity index (χ2n) is 8.24. The Hall–Kier alpha value is -2.04. The molecule has 0 spiro atoms. The summed E-state index contributed by atoms with van der Waals surface area (Å²) in [6, 6.07) is 6.07. The third kappa shape index (κ3) is 4.98. The van der Waals surface area contributed by atoms with E-state index in [4.69, 9.17) is 4.74 Å². The highest BCUT2D eigenvalue weighted by atomic mass is 19.2. The van der Waals surface area contributed by atoms with E-state index in [0.29, 0.717) is 11.5 Å². The summed E-state index contributed by atoms with van der Waals surface area (Å²) < 4.78 is 62.8. The predicted molar refractivity (Wildman–Crippen MR) is 111 cm³/mol. The van der Waals surface area contributed by atoms with Crippen LogP contribution in [0.3, 0.4) is 0 Å². The van der Waals surface area contributed by atoms with Crippen molar-refractivity contribution in [2.75, 3.05) is 6.61 Å². The molecular weight excluding hydrogens is 392 g/mol. The topological polar surface area (TPSA) is 9.23 Å². The van der Waals surface area contributed by atoms with Crippen LogP contribution in [0.15, 0.2) is 24.3 Å². The summed E-state index contributed by atoms with van der Waals surface area (Å²) >= 11 is 0. The van der Waals surface area contributed by atoms with Gasteiger partial charge in [-0.25, -0.2) is 13.2 Å². The van der Waals surface area contributed by atoms with Gasteiger partial charge in [-0.1, -0.05) is 44.4 Å². The molecule has 0 amide bonds. The Morgan fingerprint density at radius 2 is 1.50 bits per heavy atom. The molecule has 30 heavy (non-hydrogen) atoms. The van der Waals surface area contributed by atoms with Gasteiger partial charge >= 0.3 is 0 Å². The molecule has 0 saturated heterocycles. The van der Waals surface area contributed by atoms with Crippen LogP contribution in [0.25, 0.3) is 0 Å². The molecule has 1 aliphatic carbocycles. The van der Waals surface area contributed by atoms with E-state index in [-0.39, 0.29) is 42.2 Å². The average molecular weight is 423 g/mol. The van der Waals surface area contributed by atoms with Crippen molar-refractivity contribution >= 4 is 0 Å². The van der Waals surface area contributed by atoms with Gasteiger partial charge in [0.25, 0.3) is 0 Å². The van der Waals surface area contributed by atoms with Gasteiger partial charge < -0.3 is 4.74 Å². The molecule has 0 aliphatic heterocycles. The lowest BCUT2D eigenvalue weighted by atomic mass is 9.92. The van der Waals surface area contributed by atoms with Gasteiger partial charge in [-0.3, -0.25) is 0 Å². The van der Waals surface area contributed by atoms with Crippen LogP contribution in [0, 0.1) is 29.2 Å². The van der Waals surface area contributed by atoms with Crippen LogP contribution >= 0.6 is 0 Å². The smallest absolute Gasteiger partial charge is 0.200 e. The molecule has 1 saturated carbocycles. The van der Waals surface area contributed by atoms with Gasteiger partial charge in [0.1, 0.15) is 0 Å². The number of halogens is 4. The van der Waals surface area contributed by atoms with Crippen LogP contribution in [0.4, 0.5) is 17.6 Å². The van der Waals surface area contributed by atoms with E-state index in [1.807, 2.05) is 0 Å². The molecule has 0 heterocycles. The first kappa shape index (κ1) is 22.6. The molecule has 164 valence electrons. The number of unbranched alkanes of at least 4 members (excludes halogenated alkanes) is 1. The van der Waals surface area contributed by atoms with Crippen LogP contribution in [-0.2, 0) is 12.8 Å². The highest BCUT2D eigenvalue weighted by Crippen LogP contribution is 2.42. The molecule has 1 aliphatic rings. The van der Waals surface area contributed by atoms with Crippen LogP contribution in [0.5, 0.6) is 5.75 Å². The molecule has 1 fully saturated rings. The average Bonchev–Trinajstić information content (AvgIpc) is 3.21. The van der Waals surface area contributed by atoms with Crippen molar-refractivity contribution in [1.29, 1.82) is 0 Å². The quantitative estimate of drug-likeness (QED) is 0.380. The molecule has 2 unspecified atom stereocenters. The van der Waals surface area contributed by atoms with Crippen molar-refractivity contribution < 1.29 is 22.3 Å². The fraction of sp³-hybridized carbons (Fsp3) is 0.520. The summed E-state index contributed by atoms with van der Waals surface area (Å²) in [6.07, 6.45) is 6.51. The predicted octanol–water partition coefficient (Wildman–Crippen LogP) is 7.50. The van der Waals surface area contributed by atoms with Gasteiger partial charge in [0.2, 0.25) is 5.82 Å². The Kier molecular flexibility index (Phi) is 7.79. The first-order chi connectivity index (χ1) is 14.5. The number of rotatable bonds is 9. The van der Waals surface area contributed by atoms with E-state index >= 15 is 0 Å². The number of hydrogen-bond donors (Lipinski definition) is 0. The van der Waals surface area contributed by atoms with Crippen molar-refractivity contribution in [2.24, 2.45) is 5.92 Å². The summed E-state index contributed by atoms with van der Waals surface area (Å²) in [7, 11) is 0. The second kappa shape index (κ2) is 10.3. The van der Waals surface area contributed by atoms with E-state index in [1.165, 1.54) is 18.6 Å². The lowest BCUT2D eigenvalue weighted by molar-refractivity contribution is 0.313. The van der Waals surface area contributed by atoms with E-state index in [9.17, 15) is 17.6 Å². The van der Waals surface area contributed by atoms with Crippen molar-refractivity contribution in [3.63, 3.8) is 0 Å². The fourth-order valence-electron chi connectivity index (χ4n) is 4.53. The summed E-state index contributed by atoms with van der Waals surface area (Å²) in [4.78, 5) is 0. The van der Waals surface area contributed by atoms with Crippen LogP contribution < -0.4 is 4.74 Å². The zero-order valence-electron chi connectivity index (χ0n) is 17.7. The van der Waals surface area contributed by atoms with Crippen molar-refractivity contribution in [3.05, 3.63) is 64.2 Å². The van der Waals surface area contributed by atoms with Gasteiger partial charge in [0.15, 0.2) is 23.2 Å². The SMILES string of the molecule is CCCCC1CCC(c2ccc(CCc3ccc(OCC)c(F)c3F)c(F)c2F)C1. The van der Waals surface area contributed by atoms with Crippen molar-refractivity contribution in [3.8, 4) is 5.75 Å². The largest absolute Gasteiger partial charge is 0.491 e. The van der Waals surface area contributed by atoms with E-state index in [0.717, 1.165) is 32.1 Å². The van der Waals surface area contributed by atoms with Crippen molar-refractivity contribution in [1.82, 2.24) is 0 Å². The monoisotopic (exact) mass is 422 g/mol. The van der Waals surface area contributed by atoms with Crippen molar-refractivity contribution in [2.45, 2.75) is 71.1 Å². The highest BCUT2D eigenvalue weighted by molar-refractivity contribution is 5.33. The molecule has 0 aromatic heterocycles. The third-order valence-electron chi connectivity index (χ3n) is 6.23. The maximum atomic E-state index is 14.8. The zero-order chi connectivity index (χ0) is 21.7. The number of ether oxygens (including phenoxy) is 1. The second-order valence-corrected chi connectivity index (χ2v) is 8.24. The molecule has 5 heteroatoms. The molecule has 2 aromatic rings. The molecule has 0 N–H and O–H groups in total.